The molecule has 0 saturated carbocycles. The van der Waals surface area contributed by atoms with E-state index in [4.69, 9.17) is 5.11 Å². The molecule has 1 aliphatic heterocycles. The van der Waals surface area contributed by atoms with Gasteiger partial charge in [-0.2, -0.15) is 5.10 Å². The van der Waals surface area contributed by atoms with Gasteiger partial charge in [0.15, 0.2) is 5.82 Å². The number of phenols is 2. The summed E-state index contributed by atoms with van der Waals surface area (Å²) in [5.74, 6) is -1.94. The summed E-state index contributed by atoms with van der Waals surface area (Å²) in [5.41, 5.74) is 0.869. The van der Waals surface area contributed by atoms with Crippen molar-refractivity contribution in [1.82, 2.24) is 19.7 Å². The molecule has 1 aliphatic rings. The van der Waals surface area contributed by atoms with Crippen molar-refractivity contribution in [2.45, 2.75) is 39.2 Å². The number of aromatic amines is 1. The first-order chi connectivity index (χ1) is 16.2. The van der Waals surface area contributed by atoms with Crippen molar-refractivity contribution in [2.24, 2.45) is 5.92 Å². The van der Waals surface area contributed by atoms with Crippen LogP contribution in [0, 0.1) is 11.7 Å². The number of nitrogens with zero attached hydrogens (tertiary/aromatic N) is 3. The number of hydrogen-bond donors (Lipinski definition) is 4. The van der Waals surface area contributed by atoms with Crippen molar-refractivity contribution in [3.05, 3.63) is 57.8 Å². The molecule has 0 aliphatic carbocycles. The van der Waals surface area contributed by atoms with Crippen LogP contribution < -0.4 is 5.69 Å². The van der Waals surface area contributed by atoms with Crippen LogP contribution in [-0.4, -0.2) is 54.0 Å². The van der Waals surface area contributed by atoms with E-state index in [1.165, 1.54) is 16.7 Å². The molecule has 0 atom stereocenters. The van der Waals surface area contributed by atoms with E-state index >= 15 is 4.39 Å². The number of aliphatic carboxylic acids is 1. The Kier molecular flexibility index (Phi) is 6.43. The van der Waals surface area contributed by atoms with E-state index in [2.05, 4.69) is 10.2 Å². The second kappa shape index (κ2) is 9.30. The number of phenolic OH excluding ortho intramolecular Hbond substituents is 2. The Bertz CT molecular complexity index is 1270. The zero-order valence-corrected chi connectivity index (χ0v) is 19.0. The first kappa shape index (κ1) is 23.5. The molecule has 34 heavy (non-hydrogen) atoms. The number of aromatic hydroxyl groups is 2. The Labute approximate surface area is 195 Å². The maximum atomic E-state index is 15.0. The third-order valence-electron chi connectivity index (χ3n) is 6.31. The predicted octanol–water partition coefficient (Wildman–Crippen LogP) is 3.20. The molecule has 4 N–H and O–H groups in total. The molecule has 1 saturated heterocycles. The summed E-state index contributed by atoms with van der Waals surface area (Å²) < 4.78 is 16.2. The first-order valence-electron chi connectivity index (χ1n) is 11.1. The fourth-order valence-electron chi connectivity index (χ4n) is 4.34. The topological polar surface area (TPSA) is 132 Å². The second-order valence-corrected chi connectivity index (χ2v) is 8.94. The number of H-pyrrole nitrogens is 1. The standard InChI is InChI=1S/C24H27FN4O5/c1-13(2)17-10-18(21(31)11-20(17)30)22-26-27-24(34)29(22)16-4-3-15(19(25)9-16)12-28-7-5-14(6-8-28)23(32)33/h3-4,9-11,13-14,30-31H,5-8,12H2,1-2H3,(H,27,34)(H,32,33). The Morgan fingerprint density at radius 1 is 1.18 bits per heavy atom. The number of benzene rings is 2. The number of piperidine rings is 1. The maximum absolute atomic E-state index is 15.0. The van der Waals surface area contributed by atoms with Crippen LogP contribution >= 0.6 is 0 Å². The van der Waals surface area contributed by atoms with E-state index < -0.39 is 17.5 Å². The third kappa shape index (κ3) is 4.54. The molecule has 1 aromatic heterocycles. The highest BCUT2D eigenvalue weighted by molar-refractivity contribution is 5.70. The molecule has 0 spiro atoms. The van der Waals surface area contributed by atoms with Gasteiger partial charge < -0.3 is 15.3 Å². The predicted molar refractivity (Wildman–Crippen MR) is 123 cm³/mol. The molecule has 180 valence electrons. The summed E-state index contributed by atoms with van der Waals surface area (Å²) >= 11 is 0. The maximum Gasteiger partial charge on any atom is 0.348 e. The van der Waals surface area contributed by atoms with Gasteiger partial charge in [0, 0.05) is 18.2 Å². The molecule has 1 fully saturated rings. The number of hydrogen-bond acceptors (Lipinski definition) is 6. The van der Waals surface area contributed by atoms with Gasteiger partial charge in [0.1, 0.15) is 17.3 Å². The normalized spacial score (nSPS) is 15.2. The number of carboxylic acid groups (broad SMARTS) is 1. The van der Waals surface area contributed by atoms with E-state index in [-0.39, 0.29) is 40.4 Å². The number of carboxylic acids is 1. The largest absolute Gasteiger partial charge is 0.508 e. The van der Waals surface area contributed by atoms with Gasteiger partial charge in [0.25, 0.3) is 0 Å². The van der Waals surface area contributed by atoms with E-state index in [0.717, 1.165) is 0 Å². The van der Waals surface area contributed by atoms with Crippen LogP contribution in [0.1, 0.15) is 43.7 Å². The van der Waals surface area contributed by atoms with Gasteiger partial charge in [-0.25, -0.2) is 18.9 Å². The Balaban J connectivity index is 1.63. The molecule has 10 heteroatoms. The molecule has 4 rings (SSSR count). The highest BCUT2D eigenvalue weighted by atomic mass is 19.1. The lowest BCUT2D eigenvalue weighted by Gasteiger charge is -2.30. The van der Waals surface area contributed by atoms with Crippen LogP contribution in [-0.2, 0) is 11.3 Å². The first-order valence-corrected chi connectivity index (χ1v) is 11.1. The number of halogens is 1. The molecule has 0 bridgehead atoms. The molecule has 9 nitrogen and oxygen atoms in total. The van der Waals surface area contributed by atoms with Crippen LogP contribution in [0.3, 0.4) is 0 Å². The number of rotatable bonds is 6. The molecule has 3 aromatic rings. The monoisotopic (exact) mass is 470 g/mol. The van der Waals surface area contributed by atoms with E-state index in [1.54, 1.807) is 18.2 Å². The van der Waals surface area contributed by atoms with Crippen molar-refractivity contribution in [3.8, 4) is 28.6 Å². The number of likely N-dealkylation sites (tertiary alicyclic amines) is 1. The third-order valence-corrected chi connectivity index (χ3v) is 6.31. The van der Waals surface area contributed by atoms with Crippen LogP contribution in [0.5, 0.6) is 11.5 Å². The van der Waals surface area contributed by atoms with Crippen molar-refractivity contribution >= 4 is 5.97 Å². The van der Waals surface area contributed by atoms with Gasteiger partial charge in [-0.1, -0.05) is 19.9 Å². The van der Waals surface area contributed by atoms with Gasteiger partial charge >= 0.3 is 11.7 Å². The number of carbonyl (C=O) groups is 1. The quantitative estimate of drug-likeness (QED) is 0.435. The van der Waals surface area contributed by atoms with Crippen molar-refractivity contribution < 1.29 is 24.5 Å². The zero-order valence-electron chi connectivity index (χ0n) is 19.0. The Hall–Kier alpha value is -3.66. The zero-order chi connectivity index (χ0) is 24.6. The Morgan fingerprint density at radius 3 is 2.50 bits per heavy atom. The average Bonchev–Trinajstić information content (AvgIpc) is 3.16. The smallest absolute Gasteiger partial charge is 0.348 e. The lowest BCUT2D eigenvalue weighted by atomic mass is 9.97. The van der Waals surface area contributed by atoms with Crippen molar-refractivity contribution in [3.63, 3.8) is 0 Å². The van der Waals surface area contributed by atoms with Gasteiger partial charge in [-0.3, -0.25) is 9.69 Å². The summed E-state index contributed by atoms with van der Waals surface area (Å²) in [6, 6.07) is 7.19. The minimum Gasteiger partial charge on any atom is -0.508 e. The SMILES string of the molecule is CC(C)c1cc(-c2n[nH]c(=O)n2-c2ccc(CN3CCC(C(=O)O)CC3)c(F)c2)c(O)cc1O. The van der Waals surface area contributed by atoms with Gasteiger partial charge in [0.2, 0.25) is 0 Å². The fourth-order valence-corrected chi connectivity index (χ4v) is 4.34. The molecule has 0 radical (unpaired) electrons. The highest BCUT2D eigenvalue weighted by Gasteiger charge is 2.25. The van der Waals surface area contributed by atoms with Crippen LogP contribution in [0.25, 0.3) is 17.1 Å². The summed E-state index contributed by atoms with van der Waals surface area (Å²) in [6.45, 7) is 5.24. The summed E-state index contributed by atoms with van der Waals surface area (Å²) in [6.07, 6.45) is 1.05. The van der Waals surface area contributed by atoms with Crippen LogP contribution in [0.2, 0.25) is 0 Å². The van der Waals surface area contributed by atoms with E-state index in [9.17, 15) is 19.8 Å². The molecular weight excluding hydrogens is 443 g/mol. The van der Waals surface area contributed by atoms with Crippen LogP contribution in [0.15, 0.2) is 35.1 Å². The fraction of sp³-hybridized carbons (Fsp3) is 0.375. The molecular formula is C24H27FN4O5. The summed E-state index contributed by atoms with van der Waals surface area (Å²) in [4.78, 5) is 25.7. The lowest BCUT2D eigenvalue weighted by Crippen LogP contribution is -2.36. The summed E-state index contributed by atoms with van der Waals surface area (Å²) in [5, 5.41) is 36.1. The van der Waals surface area contributed by atoms with Gasteiger partial charge in [-0.05, 0) is 55.6 Å². The minimum atomic E-state index is -0.795. The van der Waals surface area contributed by atoms with Gasteiger partial charge in [0.05, 0.1) is 17.2 Å². The lowest BCUT2D eigenvalue weighted by molar-refractivity contribution is -0.143. The van der Waals surface area contributed by atoms with Crippen LogP contribution in [0.4, 0.5) is 4.39 Å². The molecule has 2 heterocycles. The summed E-state index contributed by atoms with van der Waals surface area (Å²) in [7, 11) is 0. The number of nitrogens with one attached hydrogen (secondary N) is 1. The van der Waals surface area contributed by atoms with Crippen molar-refractivity contribution in [1.29, 1.82) is 0 Å². The minimum absolute atomic E-state index is 0.0456. The second-order valence-electron chi connectivity index (χ2n) is 8.94. The molecule has 0 amide bonds. The average molecular weight is 471 g/mol. The highest BCUT2D eigenvalue weighted by Crippen LogP contribution is 2.37. The van der Waals surface area contributed by atoms with E-state index in [1.807, 2.05) is 18.7 Å². The van der Waals surface area contributed by atoms with Gasteiger partial charge in [-0.15, -0.1) is 0 Å². The molecule has 0 unspecified atom stereocenters. The van der Waals surface area contributed by atoms with E-state index in [0.29, 0.717) is 43.6 Å². The number of aromatic nitrogens is 3. The Morgan fingerprint density at radius 2 is 1.88 bits per heavy atom. The molecule has 2 aromatic carbocycles. The van der Waals surface area contributed by atoms with Crippen molar-refractivity contribution in [2.75, 3.05) is 13.1 Å².